The van der Waals surface area contributed by atoms with E-state index in [9.17, 15) is 19.2 Å². The van der Waals surface area contributed by atoms with Gasteiger partial charge in [0.05, 0.1) is 24.3 Å². The van der Waals surface area contributed by atoms with Crippen LogP contribution in [0.2, 0.25) is 0 Å². The molecule has 3 aromatic rings. The van der Waals surface area contributed by atoms with Gasteiger partial charge in [-0.2, -0.15) is 5.26 Å². The van der Waals surface area contributed by atoms with Crippen LogP contribution in [-0.4, -0.2) is 57.8 Å². The molecule has 1 fully saturated rings. The molecule has 1 aliphatic heterocycles. The largest absolute Gasteiger partial charge is 0.440 e. The van der Waals surface area contributed by atoms with E-state index < -0.39 is 5.82 Å². The van der Waals surface area contributed by atoms with Crippen molar-refractivity contribution in [3.63, 3.8) is 0 Å². The Labute approximate surface area is 196 Å². The summed E-state index contributed by atoms with van der Waals surface area (Å²) in [6.07, 6.45) is 0.377. The summed E-state index contributed by atoms with van der Waals surface area (Å²) in [6, 6.07) is 11.0. The zero-order valence-electron chi connectivity index (χ0n) is 19.1. The van der Waals surface area contributed by atoms with E-state index in [1.807, 2.05) is 11.0 Å². The molecule has 2 heterocycles. The fraction of sp³-hybridized carbons (Fsp3) is 0.320. The van der Waals surface area contributed by atoms with E-state index >= 15 is 0 Å². The van der Waals surface area contributed by atoms with E-state index in [1.165, 1.54) is 23.1 Å². The third kappa shape index (κ3) is 4.72. The van der Waals surface area contributed by atoms with Gasteiger partial charge in [0.15, 0.2) is 11.3 Å². The number of carbonyl (C=O) groups is 1. The smallest absolute Gasteiger partial charge is 0.253 e. The van der Waals surface area contributed by atoms with Crippen molar-refractivity contribution in [2.45, 2.75) is 6.42 Å². The molecule has 2 aromatic carbocycles. The summed E-state index contributed by atoms with van der Waals surface area (Å²) in [6.45, 7) is 2.64. The molecule has 1 aliphatic rings. The van der Waals surface area contributed by atoms with Gasteiger partial charge in [-0.05, 0) is 36.2 Å². The van der Waals surface area contributed by atoms with Crippen LogP contribution in [0, 0.1) is 17.1 Å². The van der Waals surface area contributed by atoms with Crippen molar-refractivity contribution in [3.05, 3.63) is 69.1 Å². The molecule has 9 heteroatoms. The standard InChI is InChI=1S/C25H25FN4O4/c1-29(2)25(32)17-12-16(6-7-28-21-5-3-4-20(26)19(21)15-27)24-18(13-17)22(31)14-23(34-24)30-8-10-33-11-9-30/h3-5,12-14,28H,6-11H2,1-2H3. The number of fused-ring (bicyclic) bond motifs is 1. The van der Waals surface area contributed by atoms with Crippen LogP contribution >= 0.6 is 0 Å². The topological polar surface area (TPSA) is 98.8 Å². The lowest BCUT2D eigenvalue weighted by molar-refractivity contribution is 0.0827. The summed E-state index contributed by atoms with van der Waals surface area (Å²) in [5, 5.41) is 12.7. The molecule has 1 amide bonds. The number of hydrogen-bond donors (Lipinski definition) is 1. The maximum absolute atomic E-state index is 13.9. The highest BCUT2D eigenvalue weighted by atomic mass is 19.1. The molecule has 0 atom stereocenters. The van der Waals surface area contributed by atoms with Gasteiger partial charge in [0.1, 0.15) is 23.0 Å². The minimum atomic E-state index is -0.599. The van der Waals surface area contributed by atoms with Crippen LogP contribution in [0.25, 0.3) is 11.0 Å². The molecule has 0 aliphatic carbocycles. The maximum Gasteiger partial charge on any atom is 0.253 e. The van der Waals surface area contributed by atoms with Crippen LogP contribution in [0.5, 0.6) is 0 Å². The van der Waals surface area contributed by atoms with E-state index in [0.29, 0.717) is 72.9 Å². The number of morpholine rings is 1. The third-order valence-electron chi connectivity index (χ3n) is 5.70. The van der Waals surface area contributed by atoms with E-state index in [1.54, 1.807) is 32.3 Å². The Bertz CT molecular complexity index is 1320. The molecule has 176 valence electrons. The second-order valence-corrected chi connectivity index (χ2v) is 8.21. The first kappa shape index (κ1) is 23.3. The first-order chi connectivity index (χ1) is 16.4. The third-order valence-corrected chi connectivity index (χ3v) is 5.70. The molecule has 1 N–H and O–H groups in total. The number of anilines is 2. The van der Waals surface area contributed by atoms with Gasteiger partial charge < -0.3 is 24.3 Å². The molecule has 8 nitrogen and oxygen atoms in total. The SMILES string of the molecule is CN(C)C(=O)c1cc(CCNc2cccc(F)c2C#N)c2oc(N3CCOCC3)cc(=O)c2c1. The van der Waals surface area contributed by atoms with Crippen molar-refractivity contribution in [2.24, 2.45) is 0 Å². The van der Waals surface area contributed by atoms with Crippen molar-refractivity contribution >= 4 is 28.4 Å². The molecule has 0 saturated carbocycles. The number of hydrogen-bond acceptors (Lipinski definition) is 7. The van der Waals surface area contributed by atoms with Crippen LogP contribution < -0.4 is 15.6 Å². The molecule has 34 heavy (non-hydrogen) atoms. The van der Waals surface area contributed by atoms with Crippen LogP contribution in [-0.2, 0) is 11.2 Å². The lowest BCUT2D eigenvalue weighted by Gasteiger charge is -2.27. The van der Waals surface area contributed by atoms with Crippen molar-refractivity contribution < 1.29 is 18.3 Å². The number of rotatable bonds is 6. The zero-order chi connectivity index (χ0) is 24.2. The van der Waals surface area contributed by atoms with E-state index in [0.717, 1.165) is 0 Å². The molecule has 0 bridgehead atoms. The quantitative estimate of drug-likeness (QED) is 0.599. The number of ether oxygens (including phenoxy) is 1. The lowest BCUT2D eigenvalue weighted by atomic mass is 10.0. The first-order valence-electron chi connectivity index (χ1n) is 11.0. The molecule has 0 radical (unpaired) electrons. The van der Waals surface area contributed by atoms with Crippen molar-refractivity contribution in [3.8, 4) is 6.07 Å². The molecule has 1 saturated heterocycles. The van der Waals surface area contributed by atoms with Gasteiger partial charge in [0, 0.05) is 45.4 Å². The van der Waals surface area contributed by atoms with Gasteiger partial charge in [0.25, 0.3) is 5.91 Å². The van der Waals surface area contributed by atoms with Crippen molar-refractivity contribution in [1.82, 2.24) is 4.90 Å². The monoisotopic (exact) mass is 464 g/mol. The number of nitrogens with one attached hydrogen (secondary N) is 1. The number of halogens is 1. The summed E-state index contributed by atoms with van der Waals surface area (Å²) in [5.41, 5.74) is 1.53. The zero-order valence-corrected chi connectivity index (χ0v) is 19.1. The first-order valence-corrected chi connectivity index (χ1v) is 11.0. The Morgan fingerprint density at radius 2 is 2.00 bits per heavy atom. The number of benzene rings is 2. The Balaban J connectivity index is 1.72. The average molecular weight is 464 g/mol. The molecule has 0 unspecified atom stereocenters. The Kier molecular flexibility index (Phi) is 6.80. The van der Waals surface area contributed by atoms with Crippen molar-refractivity contribution in [1.29, 1.82) is 5.26 Å². The van der Waals surface area contributed by atoms with Crippen LogP contribution in [0.4, 0.5) is 16.0 Å². The van der Waals surface area contributed by atoms with Gasteiger partial charge in [-0.15, -0.1) is 0 Å². The van der Waals surface area contributed by atoms with E-state index in [2.05, 4.69) is 5.32 Å². The maximum atomic E-state index is 13.9. The predicted octanol–water partition coefficient (Wildman–Crippen LogP) is 3.00. The second kappa shape index (κ2) is 9.93. The number of nitrogens with zero attached hydrogens (tertiary/aromatic N) is 3. The Morgan fingerprint density at radius 3 is 2.71 bits per heavy atom. The minimum absolute atomic E-state index is 0.0648. The van der Waals surface area contributed by atoms with E-state index in [4.69, 9.17) is 9.15 Å². The van der Waals surface area contributed by atoms with Gasteiger partial charge >= 0.3 is 0 Å². The van der Waals surface area contributed by atoms with Crippen LogP contribution in [0.15, 0.2) is 45.6 Å². The molecule has 1 aromatic heterocycles. The second-order valence-electron chi connectivity index (χ2n) is 8.21. The van der Waals surface area contributed by atoms with Crippen LogP contribution in [0.3, 0.4) is 0 Å². The molecular weight excluding hydrogens is 439 g/mol. The summed E-state index contributed by atoms with van der Waals surface area (Å²) in [4.78, 5) is 29.1. The fourth-order valence-electron chi connectivity index (χ4n) is 3.94. The molecular formula is C25H25FN4O4. The molecule has 4 rings (SSSR count). The summed E-state index contributed by atoms with van der Waals surface area (Å²) < 4.78 is 25.5. The highest BCUT2D eigenvalue weighted by molar-refractivity contribution is 5.98. The number of carbonyl (C=O) groups excluding carboxylic acids is 1. The van der Waals surface area contributed by atoms with Gasteiger partial charge in [-0.3, -0.25) is 9.59 Å². The predicted molar refractivity (Wildman–Crippen MR) is 127 cm³/mol. The number of nitriles is 1. The van der Waals surface area contributed by atoms with Crippen molar-refractivity contribution in [2.75, 3.05) is 57.2 Å². The highest BCUT2D eigenvalue weighted by Crippen LogP contribution is 2.26. The highest BCUT2D eigenvalue weighted by Gasteiger charge is 2.20. The minimum Gasteiger partial charge on any atom is -0.440 e. The number of amides is 1. The fourth-order valence-corrected chi connectivity index (χ4v) is 3.94. The normalized spacial score (nSPS) is 13.5. The molecule has 0 spiro atoms. The van der Waals surface area contributed by atoms with Crippen LogP contribution in [0.1, 0.15) is 21.5 Å². The Hall–Kier alpha value is -3.90. The van der Waals surface area contributed by atoms with Gasteiger partial charge in [-0.25, -0.2) is 4.39 Å². The average Bonchev–Trinajstić information content (AvgIpc) is 2.84. The summed E-state index contributed by atoms with van der Waals surface area (Å²) >= 11 is 0. The summed E-state index contributed by atoms with van der Waals surface area (Å²) in [5.74, 6) is -0.374. The Morgan fingerprint density at radius 1 is 1.24 bits per heavy atom. The van der Waals surface area contributed by atoms with E-state index in [-0.39, 0.29) is 16.9 Å². The summed E-state index contributed by atoms with van der Waals surface area (Å²) in [7, 11) is 3.29. The lowest BCUT2D eigenvalue weighted by Crippen LogP contribution is -2.36. The van der Waals surface area contributed by atoms with Gasteiger partial charge in [-0.1, -0.05) is 6.07 Å². The van der Waals surface area contributed by atoms with Gasteiger partial charge in [0.2, 0.25) is 0 Å².